The van der Waals surface area contributed by atoms with Crippen molar-refractivity contribution >= 4 is 19.8 Å². The van der Waals surface area contributed by atoms with E-state index in [1.807, 2.05) is 21.1 Å². The molecule has 0 saturated carbocycles. The number of esters is 2. The summed E-state index contributed by atoms with van der Waals surface area (Å²) in [6, 6.07) is 0. The molecule has 0 aliphatic heterocycles. The second-order valence-electron chi connectivity index (χ2n) is 22.8. The lowest BCUT2D eigenvalue weighted by Crippen LogP contribution is -2.37. The minimum absolute atomic E-state index is 0.0280. The van der Waals surface area contributed by atoms with Crippen molar-refractivity contribution in [2.45, 2.75) is 328 Å². The molecule has 0 bridgehead atoms. The van der Waals surface area contributed by atoms with Gasteiger partial charge in [0.2, 0.25) is 0 Å². The molecule has 0 heterocycles. The highest BCUT2D eigenvalue weighted by Crippen LogP contribution is 2.38. The van der Waals surface area contributed by atoms with Crippen molar-refractivity contribution in [3.63, 3.8) is 0 Å². The van der Waals surface area contributed by atoms with Crippen LogP contribution in [-0.4, -0.2) is 70.0 Å². The molecule has 2 atom stereocenters. The monoisotopic (exact) mass is 1040 g/mol. The molecule has 10 heteroatoms. The van der Waals surface area contributed by atoms with Crippen LogP contribution in [-0.2, 0) is 32.7 Å². The Labute approximate surface area is 447 Å². The molecule has 0 aromatic carbocycles. The molecule has 0 fully saturated rings. The first-order valence-electron chi connectivity index (χ1n) is 31.4. The zero-order valence-corrected chi connectivity index (χ0v) is 49.6. The smallest absolute Gasteiger partial charge is 0.306 e. The Bertz CT molecular complexity index is 1220. The summed E-state index contributed by atoms with van der Waals surface area (Å²) in [5, 5.41) is 0. The Morgan fingerprint density at radius 3 is 1.03 bits per heavy atom. The van der Waals surface area contributed by atoms with Crippen molar-refractivity contribution < 1.29 is 42.1 Å². The van der Waals surface area contributed by atoms with Crippen LogP contribution in [0.1, 0.15) is 322 Å². The maximum Gasteiger partial charge on any atom is 0.306 e. The van der Waals surface area contributed by atoms with Gasteiger partial charge in [0.05, 0.1) is 27.7 Å². The lowest BCUT2D eigenvalue weighted by Gasteiger charge is -2.28. The molecule has 0 aliphatic carbocycles. The highest BCUT2D eigenvalue weighted by atomic mass is 31.2. The molecular weight excluding hydrogens is 918 g/mol. The van der Waals surface area contributed by atoms with Crippen LogP contribution in [0.15, 0.2) is 12.2 Å². The topological polar surface area (TPSA) is 111 Å². The van der Waals surface area contributed by atoms with Crippen molar-refractivity contribution in [2.75, 3.05) is 47.5 Å². The van der Waals surface area contributed by atoms with E-state index in [4.69, 9.17) is 18.5 Å². The fraction of sp³-hybridized carbons (Fsp3) is 0.935. The van der Waals surface area contributed by atoms with Gasteiger partial charge in [-0.1, -0.05) is 283 Å². The van der Waals surface area contributed by atoms with E-state index in [0.717, 1.165) is 44.9 Å². The van der Waals surface area contributed by atoms with Crippen LogP contribution in [0.5, 0.6) is 0 Å². The van der Waals surface area contributed by atoms with E-state index in [9.17, 15) is 19.0 Å². The first-order chi connectivity index (χ1) is 35.0. The van der Waals surface area contributed by atoms with Gasteiger partial charge in [0.1, 0.15) is 19.8 Å². The number of phosphoric acid groups is 1. The summed E-state index contributed by atoms with van der Waals surface area (Å²) in [5.74, 6) is -0.819. The molecule has 9 nitrogen and oxygen atoms in total. The number of nitrogens with zero attached hydrogens (tertiary/aromatic N) is 1. The van der Waals surface area contributed by atoms with Crippen LogP contribution in [0.2, 0.25) is 0 Å². The summed E-state index contributed by atoms with van der Waals surface area (Å²) in [6.07, 6.45) is 64.2. The SMILES string of the molecule is CCCCCCCCC/C=C\CCCCCCCCCC(=O)OC(COC(=O)CCCCCCCCCCCCCCCCCCCCCCCCCCCCCCCC)COP(=O)([O-])OCC[N+](C)(C)C. The van der Waals surface area contributed by atoms with E-state index in [2.05, 4.69) is 26.0 Å². The zero-order valence-electron chi connectivity index (χ0n) is 48.7. The van der Waals surface area contributed by atoms with E-state index in [1.165, 1.54) is 244 Å². The third kappa shape index (κ3) is 58.0. The number of hydrogen-bond acceptors (Lipinski definition) is 8. The summed E-state index contributed by atoms with van der Waals surface area (Å²) in [6.45, 7) is 4.30. The van der Waals surface area contributed by atoms with Crippen LogP contribution in [0.25, 0.3) is 0 Å². The van der Waals surface area contributed by atoms with Crippen LogP contribution >= 0.6 is 7.82 Å². The largest absolute Gasteiger partial charge is 0.756 e. The second kappa shape index (κ2) is 54.5. The highest BCUT2D eigenvalue weighted by molar-refractivity contribution is 7.45. The summed E-state index contributed by atoms with van der Waals surface area (Å²) in [4.78, 5) is 37.9. The summed E-state index contributed by atoms with van der Waals surface area (Å²) in [5.41, 5.74) is 0. The molecule has 428 valence electrons. The predicted octanol–water partition coefficient (Wildman–Crippen LogP) is 19.0. The van der Waals surface area contributed by atoms with E-state index >= 15 is 0 Å². The van der Waals surface area contributed by atoms with Crippen molar-refractivity contribution in [3.8, 4) is 0 Å². The van der Waals surface area contributed by atoms with Crippen molar-refractivity contribution in [3.05, 3.63) is 12.2 Å². The van der Waals surface area contributed by atoms with Gasteiger partial charge in [-0.05, 0) is 38.5 Å². The molecule has 72 heavy (non-hydrogen) atoms. The molecule has 0 spiro atoms. The number of quaternary nitrogens is 1. The number of unbranched alkanes of at least 4 members (excludes halogenated alkanes) is 43. The molecule has 0 saturated heterocycles. The van der Waals surface area contributed by atoms with Crippen LogP contribution in [0, 0.1) is 0 Å². The van der Waals surface area contributed by atoms with Gasteiger partial charge in [0.15, 0.2) is 6.10 Å². The fourth-order valence-electron chi connectivity index (χ4n) is 9.42. The van der Waals surface area contributed by atoms with Crippen molar-refractivity contribution in [2.24, 2.45) is 0 Å². The molecule has 0 aliphatic rings. The number of carbonyl (C=O) groups is 2. The van der Waals surface area contributed by atoms with Crippen LogP contribution in [0.4, 0.5) is 0 Å². The summed E-state index contributed by atoms with van der Waals surface area (Å²) < 4.78 is 34.2. The average Bonchev–Trinajstić information content (AvgIpc) is 3.34. The molecule has 0 aromatic rings. The summed E-state index contributed by atoms with van der Waals surface area (Å²) in [7, 11) is 1.18. The maximum absolute atomic E-state index is 12.8. The normalized spacial score (nSPS) is 13.2. The van der Waals surface area contributed by atoms with Crippen molar-refractivity contribution in [1.82, 2.24) is 0 Å². The van der Waals surface area contributed by atoms with E-state index in [0.29, 0.717) is 17.4 Å². The highest BCUT2D eigenvalue weighted by Gasteiger charge is 2.22. The third-order valence-corrected chi connectivity index (χ3v) is 15.2. The maximum atomic E-state index is 12.8. The number of ether oxygens (including phenoxy) is 2. The van der Waals surface area contributed by atoms with E-state index in [1.54, 1.807) is 0 Å². The molecule has 0 radical (unpaired) electrons. The first kappa shape index (κ1) is 70.8. The van der Waals surface area contributed by atoms with Gasteiger partial charge in [-0.25, -0.2) is 0 Å². The second-order valence-corrected chi connectivity index (χ2v) is 24.2. The van der Waals surface area contributed by atoms with E-state index in [-0.39, 0.29) is 32.0 Å². The lowest BCUT2D eigenvalue weighted by atomic mass is 10.0. The Kier molecular flexibility index (Phi) is 53.6. The number of rotatable bonds is 59. The Hall–Kier alpha value is -1.25. The van der Waals surface area contributed by atoms with Gasteiger partial charge in [-0.15, -0.1) is 0 Å². The number of carbonyl (C=O) groups excluding carboxylic acids is 2. The van der Waals surface area contributed by atoms with Crippen molar-refractivity contribution in [1.29, 1.82) is 0 Å². The number of hydrogen-bond donors (Lipinski definition) is 0. The predicted molar refractivity (Wildman–Crippen MR) is 305 cm³/mol. The minimum atomic E-state index is -4.63. The lowest BCUT2D eigenvalue weighted by molar-refractivity contribution is -0.870. The molecule has 2 unspecified atom stereocenters. The minimum Gasteiger partial charge on any atom is -0.756 e. The molecule has 0 N–H and O–H groups in total. The molecule has 0 amide bonds. The summed E-state index contributed by atoms with van der Waals surface area (Å²) >= 11 is 0. The van der Waals surface area contributed by atoms with Crippen LogP contribution < -0.4 is 4.89 Å². The van der Waals surface area contributed by atoms with Gasteiger partial charge >= 0.3 is 11.9 Å². The Morgan fingerprint density at radius 1 is 0.417 bits per heavy atom. The number of allylic oxidation sites excluding steroid dienone is 2. The Morgan fingerprint density at radius 2 is 0.708 bits per heavy atom. The number of phosphoric ester groups is 1. The van der Waals surface area contributed by atoms with Crippen LogP contribution in [0.3, 0.4) is 0 Å². The van der Waals surface area contributed by atoms with Gasteiger partial charge < -0.3 is 27.9 Å². The fourth-order valence-corrected chi connectivity index (χ4v) is 10.1. The van der Waals surface area contributed by atoms with Gasteiger partial charge in [-0.3, -0.25) is 14.2 Å². The quantitative estimate of drug-likeness (QED) is 0.0195. The number of likely N-dealkylation sites (N-methyl/N-ethyl adjacent to an activating group) is 1. The molecular formula is C62H122NO8P. The standard InChI is InChI=1S/C62H122NO8P/c1-6-8-10-12-14-16-18-20-22-24-26-27-28-29-30-31-32-33-34-35-36-37-39-40-42-44-46-48-50-52-54-61(64)68-58-60(59-70-72(66,67)69-57-56-63(3,4)5)71-62(65)55-53-51-49-47-45-43-41-38-25-23-21-19-17-15-13-11-9-7-2/h23,25,60H,6-22,24,26-59H2,1-5H3/b25-23-. The van der Waals surface area contributed by atoms with E-state index < -0.39 is 26.5 Å². The zero-order chi connectivity index (χ0) is 52.7. The van der Waals surface area contributed by atoms with Gasteiger partial charge in [0, 0.05) is 12.8 Å². The van der Waals surface area contributed by atoms with Gasteiger partial charge in [-0.2, -0.15) is 0 Å². The third-order valence-electron chi connectivity index (χ3n) is 14.3. The van der Waals surface area contributed by atoms with Gasteiger partial charge in [0.25, 0.3) is 7.82 Å². The first-order valence-corrected chi connectivity index (χ1v) is 32.9. The molecule has 0 aromatic heterocycles. The average molecular weight is 1040 g/mol. The molecule has 0 rings (SSSR count). The Balaban J connectivity index is 4.00.